The molecule has 4 heteroatoms. The summed E-state index contributed by atoms with van der Waals surface area (Å²) >= 11 is 0. The maximum absolute atomic E-state index is 11.2. The average Bonchev–Trinajstić information content (AvgIpc) is 2.28. The Balaban J connectivity index is 2.82. The molecule has 1 fully saturated rings. The molecule has 1 saturated heterocycles. The number of piperidine rings is 1. The minimum Gasteiger partial charge on any atom is -0.481 e. The first-order valence-corrected chi connectivity index (χ1v) is 6.81. The van der Waals surface area contributed by atoms with E-state index in [1.165, 1.54) is 19.3 Å². The van der Waals surface area contributed by atoms with Crippen LogP contribution in [0.25, 0.3) is 0 Å². The van der Waals surface area contributed by atoms with Gasteiger partial charge in [-0.2, -0.15) is 0 Å². The number of likely N-dealkylation sites (tertiary alicyclic amines) is 1. The van der Waals surface area contributed by atoms with Gasteiger partial charge in [0.15, 0.2) is 0 Å². The van der Waals surface area contributed by atoms with Crippen LogP contribution in [-0.4, -0.2) is 47.3 Å². The summed E-state index contributed by atoms with van der Waals surface area (Å²) in [6.45, 7) is 8.12. The van der Waals surface area contributed by atoms with Gasteiger partial charge in [-0.25, -0.2) is 0 Å². The summed E-state index contributed by atoms with van der Waals surface area (Å²) in [5.41, 5.74) is -0.604. The molecule has 0 saturated carbocycles. The second kappa shape index (κ2) is 6.02. The Morgan fingerprint density at radius 2 is 1.78 bits per heavy atom. The first-order valence-electron chi connectivity index (χ1n) is 6.81. The zero-order valence-corrected chi connectivity index (χ0v) is 12.2. The number of methoxy groups -OCH3 is 1. The van der Waals surface area contributed by atoms with E-state index in [0.29, 0.717) is 0 Å². The number of aliphatic carboxylic acids is 1. The monoisotopic (exact) mass is 257 g/mol. The maximum atomic E-state index is 11.2. The van der Waals surface area contributed by atoms with Crippen molar-refractivity contribution in [2.24, 2.45) is 0 Å². The normalized spacial score (nSPS) is 21.6. The van der Waals surface area contributed by atoms with Crippen LogP contribution in [0.4, 0.5) is 0 Å². The molecular formula is C14H27NO3. The lowest BCUT2D eigenvalue weighted by molar-refractivity contribution is -0.142. The van der Waals surface area contributed by atoms with Crippen molar-refractivity contribution in [3.05, 3.63) is 0 Å². The minimum absolute atomic E-state index is 0.180. The minimum atomic E-state index is -0.727. The lowest BCUT2D eigenvalue weighted by Crippen LogP contribution is -2.53. The van der Waals surface area contributed by atoms with Crippen molar-refractivity contribution in [1.29, 1.82) is 0 Å². The van der Waals surface area contributed by atoms with Gasteiger partial charge in [-0.15, -0.1) is 0 Å². The molecule has 1 aliphatic rings. The zero-order valence-electron chi connectivity index (χ0n) is 12.2. The fourth-order valence-electron chi connectivity index (χ4n) is 3.03. The third-order valence-electron chi connectivity index (χ3n) is 4.01. The van der Waals surface area contributed by atoms with Gasteiger partial charge in [-0.05, 0) is 53.1 Å². The van der Waals surface area contributed by atoms with Crippen molar-refractivity contribution in [1.82, 2.24) is 4.90 Å². The summed E-state index contributed by atoms with van der Waals surface area (Å²) in [6, 6.07) is 0. The van der Waals surface area contributed by atoms with E-state index in [2.05, 4.69) is 11.8 Å². The van der Waals surface area contributed by atoms with Crippen molar-refractivity contribution in [3.63, 3.8) is 0 Å². The molecule has 1 aliphatic heterocycles. The van der Waals surface area contributed by atoms with Gasteiger partial charge in [0.25, 0.3) is 0 Å². The van der Waals surface area contributed by atoms with Crippen LogP contribution in [0.5, 0.6) is 0 Å². The molecule has 0 aliphatic carbocycles. The van der Waals surface area contributed by atoms with E-state index in [-0.39, 0.29) is 17.6 Å². The molecule has 1 atom stereocenters. The Morgan fingerprint density at radius 3 is 2.22 bits per heavy atom. The number of carboxylic acids is 1. The van der Waals surface area contributed by atoms with E-state index in [1.807, 2.05) is 13.8 Å². The quantitative estimate of drug-likeness (QED) is 0.794. The van der Waals surface area contributed by atoms with Gasteiger partial charge in [-0.3, -0.25) is 9.69 Å². The molecule has 0 amide bonds. The van der Waals surface area contributed by atoms with E-state index in [9.17, 15) is 9.90 Å². The Labute approximate surface area is 110 Å². The second-order valence-corrected chi connectivity index (χ2v) is 6.26. The van der Waals surface area contributed by atoms with Gasteiger partial charge < -0.3 is 9.84 Å². The second-order valence-electron chi connectivity index (χ2n) is 6.26. The van der Waals surface area contributed by atoms with Crippen molar-refractivity contribution < 1.29 is 14.6 Å². The van der Waals surface area contributed by atoms with E-state index in [0.717, 1.165) is 19.5 Å². The highest BCUT2D eigenvalue weighted by atomic mass is 16.5. The van der Waals surface area contributed by atoms with Crippen LogP contribution in [0.1, 0.15) is 52.9 Å². The molecule has 1 rings (SSSR count). The smallest absolute Gasteiger partial charge is 0.305 e. The van der Waals surface area contributed by atoms with Crippen LogP contribution >= 0.6 is 0 Å². The van der Waals surface area contributed by atoms with E-state index >= 15 is 0 Å². The number of rotatable bonds is 6. The highest BCUT2D eigenvalue weighted by Gasteiger charge is 2.39. The molecule has 18 heavy (non-hydrogen) atoms. The Morgan fingerprint density at radius 1 is 1.22 bits per heavy atom. The molecular weight excluding hydrogens is 230 g/mol. The number of hydrogen-bond donors (Lipinski definition) is 1. The fraction of sp³-hybridized carbons (Fsp3) is 0.929. The SMILES string of the molecule is COC(C)(C)CC(C)(CC(=O)O)N1CCCCC1. The Kier molecular flexibility index (Phi) is 5.17. The molecule has 1 N–H and O–H groups in total. The molecule has 1 heterocycles. The van der Waals surface area contributed by atoms with Crippen LogP contribution < -0.4 is 0 Å². The molecule has 0 aromatic rings. The van der Waals surface area contributed by atoms with Gasteiger partial charge in [0.05, 0.1) is 12.0 Å². The van der Waals surface area contributed by atoms with Gasteiger partial charge in [-0.1, -0.05) is 6.42 Å². The highest BCUT2D eigenvalue weighted by Crippen LogP contribution is 2.33. The number of carbonyl (C=O) groups is 1. The van der Waals surface area contributed by atoms with Crippen molar-refractivity contribution in [2.75, 3.05) is 20.2 Å². The summed E-state index contributed by atoms with van der Waals surface area (Å²) in [4.78, 5) is 13.5. The van der Waals surface area contributed by atoms with Crippen LogP contribution in [0.15, 0.2) is 0 Å². The summed E-state index contributed by atoms with van der Waals surface area (Å²) < 4.78 is 5.49. The summed E-state index contributed by atoms with van der Waals surface area (Å²) in [5, 5.41) is 9.18. The predicted octanol–water partition coefficient (Wildman–Crippen LogP) is 2.52. The topological polar surface area (TPSA) is 49.8 Å². The molecule has 0 spiro atoms. The standard InChI is InChI=1S/C14H27NO3/c1-13(2,18-4)11-14(3,10-12(16)17)15-8-6-5-7-9-15/h5-11H2,1-4H3,(H,16,17). The number of ether oxygens (including phenoxy) is 1. The largest absolute Gasteiger partial charge is 0.481 e. The highest BCUT2D eigenvalue weighted by molar-refractivity contribution is 5.68. The molecule has 0 bridgehead atoms. The number of hydrogen-bond acceptors (Lipinski definition) is 3. The van der Waals surface area contributed by atoms with Crippen molar-refractivity contribution in [3.8, 4) is 0 Å². The number of nitrogens with zero attached hydrogens (tertiary/aromatic N) is 1. The number of carboxylic acid groups (broad SMARTS) is 1. The Hall–Kier alpha value is -0.610. The third kappa shape index (κ3) is 4.25. The van der Waals surface area contributed by atoms with Gasteiger partial charge in [0.1, 0.15) is 0 Å². The Bertz CT molecular complexity index is 285. The first-order chi connectivity index (χ1) is 8.29. The molecule has 0 aromatic heterocycles. The van der Waals surface area contributed by atoms with Crippen LogP contribution in [-0.2, 0) is 9.53 Å². The molecule has 1 unspecified atom stereocenters. The van der Waals surface area contributed by atoms with Crippen LogP contribution in [0, 0.1) is 0 Å². The molecule has 106 valence electrons. The molecule has 4 nitrogen and oxygen atoms in total. The van der Waals surface area contributed by atoms with Crippen LogP contribution in [0.2, 0.25) is 0 Å². The van der Waals surface area contributed by atoms with Crippen molar-refractivity contribution >= 4 is 5.97 Å². The fourth-order valence-corrected chi connectivity index (χ4v) is 3.03. The summed E-state index contributed by atoms with van der Waals surface area (Å²) in [7, 11) is 1.69. The third-order valence-corrected chi connectivity index (χ3v) is 4.01. The molecule has 0 aromatic carbocycles. The van der Waals surface area contributed by atoms with E-state index in [1.54, 1.807) is 7.11 Å². The van der Waals surface area contributed by atoms with Gasteiger partial charge >= 0.3 is 5.97 Å². The predicted molar refractivity (Wildman–Crippen MR) is 71.8 cm³/mol. The van der Waals surface area contributed by atoms with E-state index in [4.69, 9.17) is 4.74 Å². The molecule has 0 radical (unpaired) electrons. The maximum Gasteiger partial charge on any atom is 0.305 e. The van der Waals surface area contributed by atoms with Crippen LogP contribution in [0.3, 0.4) is 0 Å². The van der Waals surface area contributed by atoms with E-state index < -0.39 is 5.97 Å². The average molecular weight is 257 g/mol. The summed E-state index contributed by atoms with van der Waals surface area (Å²) in [6.07, 6.45) is 4.52. The lowest BCUT2D eigenvalue weighted by atomic mass is 9.82. The first kappa shape index (κ1) is 15.4. The lowest BCUT2D eigenvalue weighted by Gasteiger charge is -2.46. The van der Waals surface area contributed by atoms with Gasteiger partial charge in [0.2, 0.25) is 0 Å². The van der Waals surface area contributed by atoms with Gasteiger partial charge in [0, 0.05) is 12.6 Å². The van der Waals surface area contributed by atoms with Crippen molar-refractivity contribution in [2.45, 2.75) is 64.0 Å². The zero-order chi connectivity index (χ0) is 13.8. The summed E-state index contributed by atoms with van der Waals surface area (Å²) in [5.74, 6) is -0.727.